The van der Waals surface area contributed by atoms with Crippen molar-refractivity contribution in [3.8, 4) is 0 Å². The minimum atomic E-state index is -0.602. The Labute approximate surface area is 156 Å². The molecule has 1 fully saturated rings. The molecule has 1 saturated heterocycles. The molecule has 146 valence electrons. The summed E-state index contributed by atoms with van der Waals surface area (Å²) in [5.74, 6) is -1.74. The zero-order valence-electron chi connectivity index (χ0n) is 15.2. The third kappa shape index (κ3) is 4.70. The van der Waals surface area contributed by atoms with Crippen LogP contribution in [0.4, 0.5) is 8.78 Å². The molecule has 0 unspecified atom stereocenters. The molecule has 0 aliphatic carbocycles. The fraction of sp³-hybridized carbons (Fsp3) is 0.474. The van der Waals surface area contributed by atoms with E-state index in [9.17, 15) is 13.6 Å². The summed E-state index contributed by atoms with van der Waals surface area (Å²) in [7, 11) is 1.62. The molecule has 1 aromatic carbocycles. The SMILES string of the molecule is COCCn1cc([C@H]2OCC[C@@H]2C(=O)NCCc2c(F)cccc2F)cn1. The molecule has 8 heteroatoms. The summed E-state index contributed by atoms with van der Waals surface area (Å²) in [6, 6.07) is 3.74. The van der Waals surface area contributed by atoms with Gasteiger partial charge in [-0.15, -0.1) is 0 Å². The molecule has 2 heterocycles. The maximum atomic E-state index is 13.7. The third-order valence-corrected chi connectivity index (χ3v) is 4.67. The Balaban J connectivity index is 1.56. The van der Waals surface area contributed by atoms with Crippen molar-refractivity contribution < 1.29 is 23.0 Å². The van der Waals surface area contributed by atoms with E-state index in [1.807, 2.05) is 6.20 Å². The summed E-state index contributed by atoms with van der Waals surface area (Å²) in [5, 5.41) is 7.02. The minimum absolute atomic E-state index is 0.0172. The number of benzene rings is 1. The summed E-state index contributed by atoms with van der Waals surface area (Å²) < 4.78 is 39.8. The van der Waals surface area contributed by atoms with Crippen molar-refractivity contribution in [1.29, 1.82) is 0 Å². The Bertz CT molecular complexity index is 761. The Kier molecular flexibility index (Phi) is 6.52. The number of rotatable bonds is 8. The normalized spacial score (nSPS) is 19.4. The number of hydrogen-bond donors (Lipinski definition) is 1. The summed E-state index contributed by atoms with van der Waals surface area (Å²) in [4.78, 5) is 12.5. The Morgan fingerprint density at radius 2 is 2.19 bits per heavy atom. The van der Waals surface area contributed by atoms with Gasteiger partial charge in [0, 0.05) is 37.6 Å². The zero-order valence-corrected chi connectivity index (χ0v) is 15.2. The van der Waals surface area contributed by atoms with Gasteiger partial charge in [-0.3, -0.25) is 9.48 Å². The summed E-state index contributed by atoms with van der Waals surface area (Å²) in [5.41, 5.74) is 0.820. The zero-order chi connectivity index (χ0) is 19.2. The second-order valence-corrected chi connectivity index (χ2v) is 6.46. The Morgan fingerprint density at radius 3 is 2.93 bits per heavy atom. The van der Waals surface area contributed by atoms with Crippen molar-refractivity contribution in [3.05, 3.63) is 53.4 Å². The van der Waals surface area contributed by atoms with Crippen LogP contribution in [0, 0.1) is 17.6 Å². The first-order valence-electron chi connectivity index (χ1n) is 8.93. The molecule has 2 atom stereocenters. The number of nitrogens with one attached hydrogen (secondary N) is 1. The van der Waals surface area contributed by atoms with E-state index in [0.29, 0.717) is 26.2 Å². The number of ether oxygens (including phenoxy) is 2. The van der Waals surface area contributed by atoms with E-state index < -0.39 is 11.6 Å². The van der Waals surface area contributed by atoms with Crippen molar-refractivity contribution in [2.24, 2.45) is 5.92 Å². The van der Waals surface area contributed by atoms with Crippen LogP contribution in [0.25, 0.3) is 0 Å². The molecule has 1 aliphatic rings. The first kappa shape index (κ1) is 19.4. The van der Waals surface area contributed by atoms with Crippen molar-refractivity contribution in [2.45, 2.75) is 25.5 Å². The Morgan fingerprint density at radius 1 is 1.41 bits per heavy atom. The summed E-state index contributed by atoms with van der Waals surface area (Å²) in [6.07, 6.45) is 3.86. The molecule has 3 rings (SSSR count). The molecule has 0 radical (unpaired) electrons. The molecule has 6 nitrogen and oxygen atoms in total. The average molecular weight is 379 g/mol. The maximum Gasteiger partial charge on any atom is 0.226 e. The number of amides is 1. The number of carbonyl (C=O) groups excluding carboxylic acids is 1. The van der Waals surface area contributed by atoms with Gasteiger partial charge < -0.3 is 14.8 Å². The molecular formula is C19H23F2N3O3. The predicted octanol–water partition coefficient (Wildman–Crippen LogP) is 2.24. The van der Waals surface area contributed by atoms with E-state index in [-0.39, 0.29) is 36.5 Å². The van der Waals surface area contributed by atoms with Crippen LogP contribution >= 0.6 is 0 Å². The second-order valence-electron chi connectivity index (χ2n) is 6.46. The number of nitrogens with zero attached hydrogens (tertiary/aromatic N) is 2. The van der Waals surface area contributed by atoms with Crippen molar-refractivity contribution in [2.75, 3.05) is 26.9 Å². The van der Waals surface area contributed by atoms with E-state index in [0.717, 1.165) is 5.56 Å². The van der Waals surface area contributed by atoms with Gasteiger partial charge in [0.2, 0.25) is 5.91 Å². The van der Waals surface area contributed by atoms with Gasteiger partial charge in [0.15, 0.2) is 0 Å². The van der Waals surface area contributed by atoms with Crippen LogP contribution in [-0.2, 0) is 27.2 Å². The lowest BCUT2D eigenvalue weighted by Crippen LogP contribution is -2.33. The van der Waals surface area contributed by atoms with Gasteiger partial charge in [-0.05, 0) is 25.0 Å². The topological polar surface area (TPSA) is 65.4 Å². The predicted molar refractivity (Wildman–Crippen MR) is 94.0 cm³/mol. The van der Waals surface area contributed by atoms with Crippen LogP contribution in [0.15, 0.2) is 30.6 Å². The molecule has 0 saturated carbocycles. The van der Waals surface area contributed by atoms with Crippen LogP contribution in [0.2, 0.25) is 0 Å². The van der Waals surface area contributed by atoms with E-state index in [1.54, 1.807) is 18.0 Å². The molecule has 0 bridgehead atoms. The van der Waals surface area contributed by atoms with E-state index >= 15 is 0 Å². The largest absolute Gasteiger partial charge is 0.383 e. The third-order valence-electron chi connectivity index (χ3n) is 4.67. The lowest BCUT2D eigenvalue weighted by molar-refractivity contribution is -0.126. The van der Waals surface area contributed by atoms with Gasteiger partial charge in [-0.25, -0.2) is 8.78 Å². The van der Waals surface area contributed by atoms with Gasteiger partial charge >= 0.3 is 0 Å². The summed E-state index contributed by atoms with van der Waals surface area (Å²) >= 11 is 0. The van der Waals surface area contributed by atoms with Crippen LogP contribution in [0.1, 0.15) is 23.7 Å². The Hall–Kier alpha value is -2.32. The molecule has 2 aromatic rings. The molecule has 1 aromatic heterocycles. The monoisotopic (exact) mass is 379 g/mol. The number of aromatic nitrogens is 2. The van der Waals surface area contributed by atoms with Crippen LogP contribution in [-0.4, -0.2) is 42.6 Å². The fourth-order valence-corrected chi connectivity index (χ4v) is 3.23. The summed E-state index contributed by atoms with van der Waals surface area (Å²) in [6.45, 7) is 1.80. The quantitative estimate of drug-likeness (QED) is 0.764. The first-order valence-corrected chi connectivity index (χ1v) is 8.93. The average Bonchev–Trinajstić information content (AvgIpc) is 3.31. The highest BCUT2D eigenvalue weighted by Gasteiger charge is 2.35. The molecule has 1 N–H and O–H groups in total. The first-order chi connectivity index (χ1) is 13.1. The van der Waals surface area contributed by atoms with Crippen LogP contribution in [0.5, 0.6) is 0 Å². The number of halogens is 2. The van der Waals surface area contributed by atoms with Crippen LogP contribution in [0.3, 0.4) is 0 Å². The van der Waals surface area contributed by atoms with Crippen molar-refractivity contribution >= 4 is 5.91 Å². The maximum absolute atomic E-state index is 13.7. The lowest BCUT2D eigenvalue weighted by Gasteiger charge is -2.17. The highest BCUT2D eigenvalue weighted by molar-refractivity contribution is 5.79. The minimum Gasteiger partial charge on any atom is -0.383 e. The molecule has 27 heavy (non-hydrogen) atoms. The van der Waals surface area contributed by atoms with E-state index in [1.165, 1.54) is 18.2 Å². The smallest absolute Gasteiger partial charge is 0.226 e. The number of methoxy groups -OCH3 is 1. The van der Waals surface area contributed by atoms with Gasteiger partial charge in [0.1, 0.15) is 11.6 Å². The van der Waals surface area contributed by atoms with Crippen LogP contribution < -0.4 is 5.32 Å². The standard InChI is InChI=1S/C19H23F2N3O3/c1-26-10-8-24-12-13(11-23-24)18-15(6-9-27-18)19(25)22-7-5-14-16(20)3-2-4-17(14)21/h2-4,11-12,15,18H,5-10H2,1H3,(H,22,25)/t15-,18+/m0/s1. The highest BCUT2D eigenvalue weighted by atomic mass is 19.1. The molecule has 0 spiro atoms. The van der Waals surface area contributed by atoms with Gasteiger partial charge in [0.05, 0.1) is 31.4 Å². The van der Waals surface area contributed by atoms with E-state index in [2.05, 4.69) is 10.4 Å². The molecule has 1 aliphatic heterocycles. The van der Waals surface area contributed by atoms with Gasteiger partial charge in [-0.2, -0.15) is 5.10 Å². The molecule has 1 amide bonds. The molecular weight excluding hydrogens is 356 g/mol. The fourth-order valence-electron chi connectivity index (χ4n) is 3.23. The second kappa shape index (κ2) is 9.05. The van der Waals surface area contributed by atoms with E-state index in [4.69, 9.17) is 9.47 Å². The van der Waals surface area contributed by atoms with Crippen molar-refractivity contribution in [3.63, 3.8) is 0 Å². The van der Waals surface area contributed by atoms with Gasteiger partial charge in [0.25, 0.3) is 0 Å². The highest BCUT2D eigenvalue weighted by Crippen LogP contribution is 2.34. The lowest BCUT2D eigenvalue weighted by atomic mass is 9.96. The van der Waals surface area contributed by atoms with Gasteiger partial charge in [-0.1, -0.05) is 6.07 Å². The van der Waals surface area contributed by atoms with Crippen molar-refractivity contribution in [1.82, 2.24) is 15.1 Å². The number of carbonyl (C=O) groups is 1. The number of hydrogen-bond acceptors (Lipinski definition) is 4.